The molecular weight excluding hydrogens is 240 g/mol. The molecule has 2 saturated carbocycles. The number of hydrogen-bond acceptors (Lipinski definition) is 3. The molecule has 0 aromatic rings. The molecule has 0 radical (unpaired) electrons. The Hall–Kier alpha value is -0.670. The number of rotatable bonds is 2. The second kappa shape index (κ2) is 3.70. The van der Waals surface area contributed by atoms with Gasteiger partial charge in [-0.25, -0.2) is 0 Å². The smallest absolute Gasteiger partial charge is 0.172 e. The summed E-state index contributed by atoms with van der Waals surface area (Å²) in [5.41, 5.74) is 1.18. The summed E-state index contributed by atoms with van der Waals surface area (Å²) in [6.45, 7) is 5.84. The highest BCUT2D eigenvalue weighted by molar-refractivity contribution is 6.01. The summed E-state index contributed by atoms with van der Waals surface area (Å²) in [5, 5.41) is 0. The minimum absolute atomic E-state index is 0.109. The van der Waals surface area contributed by atoms with E-state index >= 15 is 0 Å². The van der Waals surface area contributed by atoms with Gasteiger partial charge in [0.1, 0.15) is 0 Å². The van der Waals surface area contributed by atoms with E-state index in [1.54, 1.807) is 0 Å². The topological polar surface area (TPSA) is 35.5 Å². The molecule has 0 N–H and O–H groups in total. The first-order chi connectivity index (χ1) is 9.12. The monoisotopic (exact) mass is 262 g/mol. The molecular formula is C16H22O3. The predicted octanol–water partition coefficient (Wildman–Crippen LogP) is 2.70. The van der Waals surface area contributed by atoms with Gasteiger partial charge >= 0.3 is 0 Å². The standard InChI is InChI=1S/C16H22O3/c1-3-4-10-9-11-12(13(10)17)15(2)5-6-16(14(11)15)18-7-8-19-16/h9,11-12,14H,3-8H2,1-2H3/t11-,12+,14-,15-/m1/s1. The lowest BCUT2D eigenvalue weighted by atomic mass is 9.48. The van der Waals surface area contributed by atoms with Crippen LogP contribution in [0.3, 0.4) is 0 Å². The van der Waals surface area contributed by atoms with Gasteiger partial charge < -0.3 is 9.47 Å². The summed E-state index contributed by atoms with van der Waals surface area (Å²) in [4.78, 5) is 12.6. The van der Waals surface area contributed by atoms with Crippen LogP contribution in [0.5, 0.6) is 0 Å². The van der Waals surface area contributed by atoms with E-state index in [9.17, 15) is 4.79 Å². The number of ether oxygens (including phenoxy) is 2. The highest BCUT2D eigenvalue weighted by Gasteiger charge is 2.74. The molecule has 3 nitrogen and oxygen atoms in total. The molecule has 4 atom stereocenters. The fourth-order valence-electron chi connectivity index (χ4n) is 5.30. The minimum atomic E-state index is -0.367. The van der Waals surface area contributed by atoms with Crippen LogP contribution in [-0.2, 0) is 14.3 Å². The summed E-state index contributed by atoms with van der Waals surface area (Å²) in [6, 6.07) is 0. The van der Waals surface area contributed by atoms with Crippen LogP contribution in [0, 0.1) is 23.2 Å². The number of Topliss-reactive ketones (excluding diaryl/α,β-unsaturated/α-hetero) is 1. The molecule has 0 aromatic heterocycles. The number of carbonyl (C=O) groups excluding carboxylic acids is 1. The predicted molar refractivity (Wildman–Crippen MR) is 70.4 cm³/mol. The van der Waals surface area contributed by atoms with Gasteiger partial charge in [-0.15, -0.1) is 0 Å². The van der Waals surface area contributed by atoms with Crippen molar-refractivity contribution in [3.05, 3.63) is 11.6 Å². The first-order valence-electron chi connectivity index (χ1n) is 7.65. The summed E-state index contributed by atoms with van der Waals surface area (Å²) >= 11 is 0. The van der Waals surface area contributed by atoms with Crippen molar-refractivity contribution in [3.8, 4) is 0 Å². The van der Waals surface area contributed by atoms with Crippen molar-refractivity contribution >= 4 is 5.78 Å². The summed E-state index contributed by atoms with van der Waals surface area (Å²) in [5.74, 6) is 1.03. The molecule has 19 heavy (non-hydrogen) atoms. The third kappa shape index (κ3) is 1.28. The number of carbonyl (C=O) groups is 1. The lowest BCUT2D eigenvalue weighted by molar-refractivity contribution is -0.241. The number of allylic oxidation sites excluding steroid dienone is 2. The van der Waals surface area contributed by atoms with Crippen LogP contribution in [-0.4, -0.2) is 24.8 Å². The van der Waals surface area contributed by atoms with Crippen molar-refractivity contribution in [3.63, 3.8) is 0 Å². The molecule has 3 fully saturated rings. The number of fused-ring (bicyclic) bond motifs is 5. The molecule has 4 rings (SSSR count). The van der Waals surface area contributed by atoms with Gasteiger partial charge in [0.2, 0.25) is 0 Å². The zero-order valence-electron chi connectivity index (χ0n) is 11.8. The molecule has 0 unspecified atom stereocenters. The van der Waals surface area contributed by atoms with Gasteiger partial charge in [0, 0.05) is 18.3 Å². The summed E-state index contributed by atoms with van der Waals surface area (Å²) in [6.07, 6.45) is 6.27. The molecule has 0 bridgehead atoms. The second-order valence-corrected chi connectivity index (χ2v) is 6.85. The maximum Gasteiger partial charge on any atom is 0.172 e. The van der Waals surface area contributed by atoms with Gasteiger partial charge in [0.05, 0.1) is 13.2 Å². The van der Waals surface area contributed by atoms with E-state index in [-0.39, 0.29) is 17.1 Å². The molecule has 4 aliphatic rings. The van der Waals surface area contributed by atoms with Crippen LogP contribution >= 0.6 is 0 Å². The van der Waals surface area contributed by atoms with Crippen LogP contribution in [0.2, 0.25) is 0 Å². The molecule has 104 valence electrons. The zero-order valence-corrected chi connectivity index (χ0v) is 11.8. The van der Waals surface area contributed by atoms with E-state index in [0.29, 0.717) is 30.8 Å². The number of ketones is 1. The van der Waals surface area contributed by atoms with Gasteiger partial charge in [-0.3, -0.25) is 4.79 Å². The quantitative estimate of drug-likeness (QED) is 0.767. The Morgan fingerprint density at radius 1 is 1.32 bits per heavy atom. The van der Waals surface area contributed by atoms with Crippen molar-refractivity contribution in [2.24, 2.45) is 23.2 Å². The fraction of sp³-hybridized carbons (Fsp3) is 0.812. The Labute approximate surface area is 114 Å². The van der Waals surface area contributed by atoms with E-state index in [4.69, 9.17) is 9.47 Å². The Bertz CT molecular complexity index is 461. The largest absolute Gasteiger partial charge is 0.347 e. The normalized spacial score (nSPS) is 46.1. The van der Waals surface area contributed by atoms with Gasteiger partial charge in [-0.1, -0.05) is 26.3 Å². The first-order valence-corrected chi connectivity index (χ1v) is 7.65. The Morgan fingerprint density at radius 2 is 2.05 bits per heavy atom. The lowest BCUT2D eigenvalue weighted by Gasteiger charge is -2.56. The maximum atomic E-state index is 12.6. The van der Waals surface area contributed by atoms with Gasteiger partial charge in [-0.2, -0.15) is 0 Å². The molecule has 1 spiro atoms. The fourth-order valence-corrected chi connectivity index (χ4v) is 5.30. The molecule has 1 saturated heterocycles. The van der Waals surface area contributed by atoms with Crippen LogP contribution in [0.4, 0.5) is 0 Å². The molecule has 3 aliphatic carbocycles. The molecule has 0 aromatic carbocycles. The van der Waals surface area contributed by atoms with E-state index in [0.717, 1.165) is 31.3 Å². The van der Waals surface area contributed by atoms with Crippen molar-refractivity contribution in [1.29, 1.82) is 0 Å². The van der Waals surface area contributed by atoms with Crippen molar-refractivity contribution < 1.29 is 14.3 Å². The third-order valence-corrected chi connectivity index (χ3v) is 5.96. The second-order valence-electron chi connectivity index (χ2n) is 6.85. The minimum Gasteiger partial charge on any atom is -0.347 e. The van der Waals surface area contributed by atoms with E-state index in [2.05, 4.69) is 19.9 Å². The number of hydrogen-bond donors (Lipinski definition) is 0. The average molecular weight is 262 g/mol. The van der Waals surface area contributed by atoms with E-state index in [1.165, 1.54) is 0 Å². The maximum absolute atomic E-state index is 12.6. The first kappa shape index (κ1) is 12.1. The van der Waals surface area contributed by atoms with Gasteiger partial charge in [0.25, 0.3) is 0 Å². The zero-order chi connectivity index (χ0) is 13.3. The average Bonchev–Trinajstić information content (AvgIpc) is 2.99. The molecule has 1 aliphatic heterocycles. The van der Waals surface area contributed by atoms with Crippen LogP contribution in [0.15, 0.2) is 11.6 Å². The Morgan fingerprint density at radius 3 is 2.74 bits per heavy atom. The Balaban J connectivity index is 1.68. The third-order valence-electron chi connectivity index (χ3n) is 5.96. The van der Waals surface area contributed by atoms with Gasteiger partial charge in [0.15, 0.2) is 11.6 Å². The summed E-state index contributed by atoms with van der Waals surface area (Å²) in [7, 11) is 0. The van der Waals surface area contributed by atoms with Crippen molar-refractivity contribution in [2.75, 3.05) is 13.2 Å². The van der Waals surface area contributed by atoms with Crippen LogP contribution in [0.1, 0.15) is 39.5 Å². The van der Waals surface area contributed by atoms with Crippen molar-refractivity contribution in [2.45, 2.75) is 45.3 Å². The van der Waals surface area contributed by atoms with Crippen molar-refractivity contribution in [1.82, 2.24) is 0 Å². The van der Waals surface area contributed by atoms with E-state index in [1.807, 2.05) is 0 Å². The Kier molecular flexibility index (Phi) is 2.36. The molecule has 3 heteroatoms. The molecule has 0 amide bonds. The lowest BCUT2D eigenvalue weighted by Crippen LogP contribution is -2.59. The summed E-state index contributed by atoms with van der Waals surface area (Å²) < 4.78 is 12.0. The SMILES string of the molecule is CCCC1=C[C@@H]2[C@@H](C1=O)[C@@]1(C)CCC3(OCCO3)[C@H]21. The highest BCUT2D eigenvalue weighted by Crippen LogP contribution is 2.72. The van der Waals surface area contributed by atoms with Gasteiger partial charge in [-0.05, 0) is 29.7 Å². The van der Waals surface area contributed by atoms with E-state index < -0.39 is 0 Å². The van der Waals surface area contributed by atoms with Crippen LogP contribution < -0.4 is 0 Å². The molecule has 1 heterocycles. The highest BCUT2D eigenvalue weighted by atomic mass is 16.7. The van der Waals surface area contributed by atoms with Crippen LogP contribution in [0.25, 0.3) is 0 Å².